The Balaban J connectivity index is 2.45. The van der Waals surface area contributed by atoms with E-state index in [4.69, 9.17) is 0 Å². The van der Waals surface area contributed by atoms with Gasteiger partial charge in [-0.2, -0.15) is 0 Å². The van der Waals surface area contributed by atoms with E-state index in [0.29, 0.717) is 6.04 Å². The molecule has 5 heteroatoms. The summed E-state index contributed by atoms with van der Waals surface area (Å²) in [5.74, 6) is 0.904. The molecular formula is C16H30N4S. The first-order valence-corrected chi connectivity index (χ1v) is 8.68. The number of hydrogen-bond donors (Lipinski definition) is 2. The van der Waals surface area contributed by atoms with E-state index < -0.39 is 0 Å². The molecule has 0 unspecified atom stereocenters. The van der Waals surface area contributed by atoms with Gasteiger partial charge in [0.15, 0.2) is 5.96 Å². The van der Waals surface area contributed by atoms with Gasteiger partial charge in [-0.05, 0) is 46.4 Å². The van der Waals surface area contributed by atoms with Gasteiger partial charge < -0.3 is 15.5 Å². The van der Waals surface area contributed by atoms with E-state index >= 15 is 0 Å². The van der Waals surface area contributed by atoms with Gasteiger partial charge in [0, 0.05) is 35.4 Å². The fourth-order valence-corrected chi connectivity index (χ4v) is 2.69. The van der Waals surface area contributed by atoms with E-state index in [1.807, 2.05) is 11.3 Å². The number of hydrogen-bond acceptors (Lipinski definition) is 3. The van der Waals surface area contributed by atoms with Crippen LogP contribution < -0.4 is 10.6 Å². The standard InChI is InChI=1S/C16H30N4S/c1-6-14-8-9-15(21-14)12-19-16(17-7-2)18-10-11-20(5)13(3)4/h8-9,13H,6-7,10-12H2,1-5H3,(H2,17,18,19). The molecule has 2 N–H and O–H groups in total. The van der Waals surface area contributed by atoms with E-state index in [1.165, 1.54) is 9.75 Å². The van der Waals surface area contributed by atoms with Crippen LogP contribution in [0.4, 0.5) is 0 Å². The third kappa shape index (κ3) is 6.96. The predicted molar refractivity (Wildman–Crippen MR) is 94.3 cm³/mol. The zero-order chi connectivity index (χ0) is 15.7. The summed E-state index contributed by atoms with van der Waals surface area (Å²) in [4.78, 5) is 9.73. The maximum Gasteiger partial charge on any atom is 0.191 e. The Hall–Kier alpha value is -1.07. The molecule has 1 aromatic heterocycles. The molecule has 0 amide bonds. The molecule has 0 bridgehead atoms. The van der Waals surface area contributed by atoms with Crippen molar-refractivity contribution in [2.45, 2.75) is 46.7 Å². The van der Waals surface area contributed by atoms with Gasteiger partial charge in [0.25, 0.3) is 0 Å². The van der Waals surface area contributed by atoms with Crippen LogP contribution in [-0.4, -0.2) is 43.6 Å². The second-order valence-corrected chi connectivity index (χ2v) is 6.67. The molecule has 0 fully saturated rings. The highest BCUT2D eigenvalue weighted by Crippen LogP contribution is 2.17. The van der Waals surface area contributed by atoms with Gasteiger partial charge in [-0.3, -0.25) is 0 Å². The third-order valence-corrected chi connectivity index (χ3v) is 4.66. The van der Waals surface area contributed by atoms with E-state index in [0.717, 1.165) is 38.6 Å². The molecule has 0 radical (unpaired) electrons. The molecule has 0 atom stereocenters. The second kappa shape index (κ2) is 9.79. The Morgan fingerprint density at radius 2 is 1.95 bits per heavy atom. The summed E-state index contributed by atoms with van der Waals surface area (Å²) in [5.41, 5.74) is 0. The van der Waals surface area contributed by atoms with Crippen molar-refractivity contribution < 1.29 is 0 Å². The van der Waals surface area contributed by atoms with Crippen molar-refractivity contribution in [3.8, 4) is 0 Å². The van der Waals surface area contributed by atoms with Crippen LogP contribution in [0.2, 0.25) is 0 Å². The number of aliphatic imine (C=N–C) groups is 1. The van der Waals surface area contributed by atoms with Gasteiger partial charge in [-0.15, -0.1) is 11.3 Å². The summed E-state index contributed by atoms with van der Waals surface area (Å²) >= 11 is 1.85. The SMILES string of the molecule is CCNC(=NCc1ccc(CC)s1)NCCN(C)C(C)C. The van der Waals surface area contributed by atoms with Crippen LogP contribution in [0.1, 0.15) is 37.4 Å². The first kappa shape index (κ1) is 18.0. The third-order valence-electron chi connectivity index (χ3n) is 3.44. The van der Waals surface area contributed by atoms with Crippen molar-refractivity contribution in [1.82, 2.24) is 15.5 Å². The minimum atomic E-state index is 0.574. The summed E-state index contributed by atoms with van der Waals surface area (Å²) in [6, 6.07) is 4.96. The second-order valence-electron chi connectivity index (χ2n) is 5.42. The van der Waals surface area contributed by atoms with Crippen molar-refractivity contribution >= 4 is 17.3 Å². The highest BCUT2D eigenvalue weighted by atomic mass is 32.1. The van der Waals surface area contributed by atoms with Crippen LogP contribution in [0.15, 0.2) is 17.1 Å². The van der Waals surface area contributed by atoms with E-state index in [-0.39, 0.29) is 0 Å². The normalized spacial score (nSPS) is 12.2. The molecule has 4 nitrogen and oxygen atoms in total. The van der Waals surface area contributed by atoms with Gasteiger partial charge in [0.05, 0.1) is 6.54 Å². The Bertz CT molecular complexity index is 426. The Morgan fingerprint density at radius 1 is 1.24 bits per heavy atom. The van der Waals surface area contributed by atoms with E-state index in [2.05, 4.69) is 67.4 Å². The molecule has 0 spiro atoms. The monoisotopic (exact) mass is 310 g/mol. The minimum absolute atomic E-state index is 0.574. The fourth-order valence-electron chi connectivity index (χ4n) is 1.80. The van der Waals surface area contributed by atoms with Crippen LogP contribution in [-0.2, 0) is 13.0 Å². The van der Waals surface area contributed by atoms with Gasteiger partial charge in [0.2, 0.25) is 0 Å². The summed E-state index contributed by atoms with van der Waals surface area (Å²) in [7, 11) is 2.15. The average molecular weight is 311 g/mol. The van der Waals surface area contributed by atoms with Crippen LogP contribution in [0.5, 0.6) is 0 Å². The molecule has 120 valence electrons. The Kier molecular flexibility index (Phi) is 8.38. The maximum absolute atomic E-state index is 4.66. The summed E-state index contributed by atoms with van der Waals surface area (Å²) in [5, 5.41) is 6.70. The first-order valence-electron chi connectivity index (χ1n) is 7.86. The molecule has 0 saturated carbocycles. The van der Waals surface area contributed by atoms with Gasteiger partial charge in [0.1, 0.15) is 0 Å². The number of likely N-dealkylation sites (N-methyl/N-ethyl adjacent to an activating group) is 1. The maximum atomic E-state index is 4.66. The molecule has 0 aliphatic rings. The molecule has 0 aliphatic heterocycles. The summed E-state index contributed by atoms with van der Waals surface area (Å²) in [6.45, 7) is 12.3. The Labute approximate surface area is 133 Å². The van der Waals surface area contributed by atoms with Crippen molar-refractivity contribution in [2.24, 2.45) is 4.99 Å². The molecule has 0 aromatic carbocycles. The number of nitrogens with zero attached hydrogens (tertiary/aromatic N) is 2. The van der Waals surface area contributed by atoms with Crippen LogP contribution in [0.3, 0.4) is 0 Å². The number of aryl methyl sites for hydroxylation is 1. The van der Waals surface area contributed by atoms with E-state index in [1.54, 1.807) is 0 Å². The molecule has 21 heavy (non-hydrogen) atoms. The quantitative estimate of drug-likeness (QED) is 0.573. The zero-order valence-corrected chi connectivity index (χ0v) is 14.9. The molecule has 0 aliphatic carbocycles. The number of rotatable bonds is 8. The lowest BCUT2D eigenvalue weighted by Gasteiger charge is -2.21. The highest BCUT2D eigenvalue weighted by Gasteiger charge is 2.04. The van der Waals surface area contributed by atoms with Crippen molar-refractivity contribution in [3.63, 3.8) is 0 Å². The fraction of sp³-hybridized carbons (Fsp3) is 0.688. The van der Waals surface area contributed by atoms with Gasteiger partial charge >= 0.3 is 0 Å². The van der Waals surface area contributed by atoms with Gasteiger partial charge in [-0.25, -0.2) is 4.99 Å². The van der Waals surface area contributed by atoms with Crippen LogP contribution in [0.25, 0.3) is 0 Å². The number of thiophene rings is 1. The molecule has 1 aromatic rings. The lowest BCUT2D eigenvalue weighted by atomic mass is 10.3. The molecular weight excluding hydrogens is 280 g/mol. The lowest BCUT2D eigenvalue weighted by molar-refractivity contribution is 0.278. The summed E-state index contributed by atoms with van der Waals surface area (Å²) in [6.07, 6.45) is 1.11. The average Bonchev–Trinajstić information content (AvgIpc) is 2.92. The number of guanidine groups is 1. The predicted octanol–water partition coefficient (Wildman–Crippen LogP) is 2.71. The molecule has 1 heterocycles. The Morgan fingerprint density at radius 3 is 2.52 bits per heavy atom. The lowest BCUT2D eigenvalue weighted by Crippen LogP contribution is -2.42. The topological polar surface area (TPSA) is 39.7 Å². The largest absolute Gasteiger partial charge is 0.357 e. The molecule has 1 rings (SSSR count). The number of nitrogens with one attached hydrogen (secondary N) is 2. The van der Waals surface area contributed by atoms with Gasteiger partial charge in [-0.1, -0.05) is 6.92 Å². The van der Waals surface area contributed by atoms with Crippen molar-refractivity contribution in [3.05, 3.63) is 21.9 Å². The first-order chi connectivity index (χ1) is 10.1. The van der Waals surface area contributed by atoms with Crippen molar-refractivity contribution in [1.29, 1.82) is 0 Å². The summed E-state index contributed by atoms with van der Waals surface area (Å²) < 4.78 is 0. The highest BCUT2D eigenvalue weighted by molar-refractivity contribution is 7.11. The van der Waals surface area contributed by atoms with Crippen LogP contribution >= 0.6 is 11.3 Å². The van der Waals surface area contributed by atoms with Crippen LogP contribution in [0, 0.1) is 0 Å². The minimum Gasteiger partial charge on any atom is -0.357 e. The zero-order valence-electron chi connectivity index (χ0n) is 14.1. The van der Waals surface area contributed by atoms with Crippen molar-refractivity contribution in [2.75, 3.05) is 26.7 Å². The molecule has 0 saturated heterocycles. The van der Waals surface area contributed by atoms with E-state index in [9.17, 15) is 0 Å². The smallest absolute Gasteiger partial charge is 0.191 e.